The Bertz CT molecular complexity index is 347. The van der Waals surface area contributed by atoms with Gasteiger partial charge >= 0.3 is 0 Å². The van der Waals surface area contributed by atoms with Gasteiger partial charge in [-0.25, -0.2) is 4.98 Å². The number of rotatable bonds is 2. The summed E-state index contributed by atoms with van der Waals surface area (Å²) in [6.07, 6.45) is 3.28. The van der Waals surface area contributed by atoms with Crippen LogP contribution in [0.15, 0.2) is 18.3 Å². The van der Waals surface area contributed by atoms with Gasteiger partial charge in [0.05, 0.1) is 6.10 Å². The van der Waals surface area contributed by atoms with Crippen LogP contribution in [0.3, 0.4) is 0 Å². The molecule has 16 heavy (non-hydrogen) atoms. The van der Waals surface area contributed by atoms with Crippen LogP contribution in [0.4, 0.5) is 0 Å². The lowest BCUT2D eigenvalue weighted by molar-refractivity contribution is -0.0128. The van der Waals surface area contributed by atoms with Crippen molar-refractivity contribution in [3.8, 4) is 5.88 Å². The average molecular weight is 221 g/mol. The van der Waals surface area contributed by atoms with Gasteiger partial charge in [-0.2, -0.15) is 0 Å². The average Bonchev–Trinajstić information content (AvgIpc) is 2.15. The van der Waals surface area contributed by atoms with E-state index >= 15 is 0 Å². The second-order valence-electron chi connectivity index (χ2n) is 5.50. The van der Waals surface area contributed by atoms with Gasteiger partial charge in [-0.05, 0) is 11.0 Å². The Labute approximate surface area is 96.5 Å². The highest BCUT2D eigenvalue weighted by Gasteiger charge is 2.29. The van der Waals surface area contributed by atoms with Crippen molar-refractivity contribution in [3.05, 3.63) is 23.9 Å². The van der Waals surface area contributed by atoms with Crippen LogP contribution in [-0.2, 0) is 5.41 Å². The molecule has 3 nitrogen and oxygen atoms in total. The molecule has 3 heteroatoms. The first-order valence-corrected chi connectivity index (χ1v) is 5.76. The number of aliphatic hydroxyl groups excluding tert-OH is 1. The smallest absolute Gasteiger partial charge is 0.213 e. The molecular formula is C13H19NO2. The zero-order valence-corrected chi connectivity index (χ0v) is 10.1. The second kappa shape index (κ2) is 4.06. The number of ether oxygens (including phenoxy) is 1. The molecule has 88 valence electrons. The maximum atomic E-state index is 9.15. The summed E-state index contributed by atoms with van der Waals surface area (Å²) in [6, 6.07) is 3.96. The highest BCUT2D eigenvalue weighted by atomic mass is 16.5. The van der Waals surface area contributed by atoms with E-state index in [-0.39, 0.29) is 17.6 Å². The van der Waals surface area contributed by atoms with Gasteiger partial charge in [0, 0.05) is 25.1 Å². The van der Waals surface area contributed by atoms with Crippen LogP contribution in [-0.4, -0.2) is 22.3 Å². The van der Waals surface area contributed by atoms with Crippen LogP contribution in [0.5, 0.6) is 5.88 Å². The number of aromatic nitrogens is 1. The molecule has 0 aromatic carbocycles. The van der Waals surface area contributed by atoms with Crippen molar-refractivity contribution in [2.75, 3.05) is 0 Å². The predicted molar refractivity (Wildman–Crippen MR) is 62.6 cm³/mol. The van der Waals surface area contributed by atoms with E-state index in [0.29, 0.717) is 5.88 Å². The molecule has 1 aliphatic carbocycles. The molecule has 1 aliphatic rings. The van der Waals surface area contributed by atoms with E-state index in [2.05, 4.69) is 31.8 Å². The number of hydrogen-bond donors (Lipinski definition) is 1. The van der Waals surface area contributed by atoms with Crippen molar-refractivity contribution in [2.45, 2.75) is 51.2 Å². The molecule has 1 saturated carbocycles. The molecule has 0 unspecified atom stereocenters. The van der Waals surface area contributed by atoms with Crippen LogP contribution >= 0.6 is 0 Å². The minimum absolute atomic E-state index is 0.123. The summed E-state index contributed by atoms with van der Waals surface area (Å²) in [4.78, 5) is 4.29. The van der Waals surface area contributed by atoms with Crippen LogP contribution in [0.25, 0.3) is 0 Å². The Kier molecular flexibility index (Phi) is 2.89. The third-order valence-electron chi connectivity index (χ3n) is 2.96. The maximum absolute atomic E-state index is 9.15. The number of nitrogens with zero attached hydrogens (tertiary/aromatic N) is 1. The zero-order chi connectivity index (χ0) is 11.8. The van der Waals surface area contributed by atoms with Gasteiger partial charge < -0.3 is 9.84 Å². The van der Waals surface area contributed by atoms with Crippen LogP contribution in [0.2, 0.25) is 0 Å². The van der Waals surface area contributed by atoms with Gasteiger partial charge in [0.15, 0.2) is 0 Å². The van der Waals surface area contributed by atoms with Crippen molar-refractivity contribution in [1.82, 2.24) is 4.98 Å². The minimum atomic E-state index is -0.182. The van der Waals surface area contributed by atoms with E-state index < -0.39 is 0 Å². The molecule has 0 radical (unpaired) electrons. The van der Waals surface area contributed by atoms with Gasteiger partial charge in [0.1, 0.15) is 6.10 Å². The third-order valence-corrected chi connectivity index (χ3v) is 2.96. The molecular weight excluding hydrogens is 202 g/mol. The lowest BCUT2D eigenvalue weighted by Crippen LogP contribution is -2.37. The molecule has 1 heterocycles. The fraction of sp³-hybridized carbons (Fsp3) is 0.615. The van der Waals surface area contributed by atoms with E-state index in [4.69, 9.17) is 9.84 Å². The third kappa shape index (κ3) is 2.53. The van der Waals surface area contributed by atoms with Crippen molar-refractivity contribution in [1.29, 1.82) is 0 Å². The molecule has 1 aromatic rings. The monoisotopic (exact) mass is 221 g/mol. The SMILES string of the molecule is CC(C)(C)c1ccc(OC2CC(O)C2)nc1. The van der Waals surface area contributed by atoms with Gasteiger partial charge in [0.25, 0.3) is 0 Å². The van der Waals surface area contributed by atoms with Gasteiger partial charge in [-0.3, -0.25) is 0 Å². The zero-order valence-electron chi connectivity index (χ0n) is 10.1. The first-order chi connectivity index (χ1) is 7.45. The van der Waals surface area contributed by atoms with Gasteiger partial charge in [-0.1, -0.05) is 26.8 Å². The van der Waals surface area contributed by atoms with Crippen LogP contribution in [0, 0.1) is 0 Å². The quantitative estimate of drug-likeness (QED) is 0.833. The first kappa shape index (κ1) is 11.4. The van der Waals surface area contributed by atoms with Gasteiger partial charge in [0.2, 0.25) is 5.88 Å². The Morgan fingerprint density at radius 1 is 1.31 bits per heavy atom. The number of aliphatic hydroxyl groups is 1. The van der Waals surface area contributed by atoms with Gasteiger partial charge in [-0.15, -0.1) is 0 Å². The summed E-state index contributed by atoms with van der Waals surface area (Å²) in [5, 5.41) is 9.15. The summed E-state index contributed by atoms with van der Waals surface area (Å²) in [5.74, 6) is 0.657. The molecule has 0 bridgehead atoms. The molecule has 0 saturated heterocycles. The summed E-state index contributed by atoms with van der Waals surface area (Å²) in [7, 11) is 0. The molecule has 0 spiro atoms. The van der Waals surface area contributed by atoms with Crippen LogP contribution in [0.1, 0.15) is 39.2 Å². The Hall–Kier alpha value is -1.09. The minimum Gasteiger partial charge on any atom is -0.474 e. The number of hydrogen-bond acceptors (Lipinski definition) is 3. The van der Waals surface area contributed by atoms with E-state index in [1.54, 1.807) is 0 Å². The highest BCUT2D eigenvalue weighted by Crippen LogP contribution is 2.26. The molecule has 1 fully saturated rings. The Balaban J connectivity index is 1.97. The molecule has 0 atom stereocenters. The van der Waals surface area contributed by atoms with E-state index in [1.165, 1.54) is 5.56 Å². The molecule has 1 N–H and O–H groups in total. The Morgan fingerprint density at radius 2 is 2.00 bits per heavy atom. The molecule has 0 aliphatic heterocycles. The lowest BCUT2D eigenvalue weighted by atomic mass is 9.88. The molecule has 1 aromatic heterocycles. The van der Waals surface area contributed by atoms with E-state index in [9.17, 15) is 0 Å². The lowest BCUT2D eigenvalue weighted by Gasteiger charge is -2.31. The summed E-state index contributed by atoms with van der Waals surface area (Å²) in [6.45, 7) is 6.48. The Morgan fingerprint density at radius 3 is 2.44 bits per heavy atom. The summed E-state index contributed by atoms with van der Waals surface area (Å²) < 4.78 is 5.62. The summed E-state index contributed by atoms with van der Waals surface area (Å²) in [5.41, 5.74) is 1.33. The van der Waals surface area contributed by atoms with E-state index in [0.717, 1.165) is 12.8 Å². The largest absolute Gasteiger partial charge is 0.474 e. The first-order valence-electron chi connectivity index (χ1n) is 5.76. The van der Waals surface area contributed by atoms with Crippen molar-refractivity contribution >= 4 is 0 Å². The fourth-order valence-corrected chi connectivity index (χ4v) is 1.70. The highest BCUT2D eigenvalue weighted by molar-refractivity contribution is 5.23. The topological polar surface area (TPSA) is 42.4 Å². The van der Waals surface area contributed by atoms with Crippen LogP contribution < -0.4 is 4.74 Å². The van der Waals surface area contributed by atoms with E-state index in [1.807, 2.05) is 12.3 Å². The van der Waals surface area contributed by atoms with Crippen molar-refractivity contribution in [2.24, 2.45) is 0 Å². The van der Waals surface area contributed by atoms with Crippen molar-refractivity contribution in [3.63, 3.8) is 0 Å². The maximum Gasteiger partial charge on any atom is 0.213 e. The second-order valence-corrected chi connectivity index (χ2v) is 5.50. The fourth-order valence-electron chi connectivity index (χ4n) is 1.70. The predicted octanol–water partition coefficient (Wildman–Crippen LogP) is 2.28. The molecule has 2 rings (SSSR count). The summed E-state index contributed by atoms with van der Waals surface area (Å²) >= 11 is 0. The van der Waals surface area contributed by atoms with Crippen molar-refractivity contribution < 1.29 is 9.84 Å². The number of pyridine rings is 1. The standard InChI is InChI=1S/C13H19NO2/c1-13(2,3)9-4-5-12(14-8-9)16-11-6-10(15)7-11/h4-5,8,10-11,15H,6-7H2,1-3H3. The molecule has 0 amide bonds. The normalized spacial score (nSPS) is 25.0.